The monoisotopic (exact) mass is 553 g/mol. The van der Waals surface area contributed by atoms with Gasteiger partial charge in [-0.05, 0) is 79.9 Å². The molecular formula is C37H47NO3. The number of nitrogens with zero attached hydrogens (tertiary/aromatic N) is 1. The molecule has 3 aromatic carbocycles. The van der Waals surface area contributed by atoms with Gasteiger partial charge in [0.05, 0.1) is 25.9 Å². The second-order valence-corrected chi connectivity index (χ2v) is 12.7. The Balaban J connectivity index is 1.20. The van der Waals surface area contributed by atoms with Crippen LogP contribution in [0.3, 0.4) is 0 Å². The van der Waals surface area contributed by atoms with Crippen molar-refractivity contribution in [3.8, 4) is 0 Å². The standard InChI is InChI=1S/C37H47NO3/c1-28-36(40-26-31-13-7-3-8-14-31)37(41-27-32-15-9-4-10-16-32)35(39-25-30-11-5-2-6-12-30)24-38(28)23-29-17-19-33(20-18-29)34-21-22-34/h2-16,28-29,33-37H,17-27H2,1H3/t28-,29?,33?,35+,36-,37-/m1/s1. The lowest BCUT2D eigenvalue weighted by atomic mass is 9.79. The van der Waals surface area contributed by atoms with E-state index < -0.39 is 0 Å². The van der Waals surface area contributed by atoms with Gasteiger partial charge in [0.2, 0.25) is 0 Å². The van der Waals surface area contributed by atoms with Crippen LogP contribution in [-0.4, -0.2) is 42.3 Å². The lowest BCUT2D eigenvalue weighted by molar-refractivity contribution is -0.202. The summed E-state index contributed by atoms with van der Waals surface area (Å²) in [6.07, 6.45) is 8.21. The molecular weight excluding hydrogens is 506 g/mol. The van der Waals surface area contributed by atoms with Crippen molar-refractivity contribution in [2.24, 2.45) is 17.8 Å². The van der Waals surface area contributed by atoms with Crippen LogP contribution in [0.25, 0.3) is 0 Å². The molecule has 3 aliphatic rings. The molecule has 218 valence electrons. The topological polar surface area (TPSA) is 30.9 Å². The molecule has 2 aliphatic carbocycles. The molecule has 4 nitrogen and oxygen atoms in total. The van der Waals surface area contributed by atoms with Gasteiger partial charge in [0, 0.05) is 19.1 Å². The SMILES string of the molecule is C[C@@H]1[C@@H](OCc2ccccc2)[C@H](OCc2ccccc2)[C@@H](OCc2ccccc2)CN1CC1CCC(C2CC2)CC1. The molecule has 0 radical (unpaired) electrons. The minimum Gasteiger partial charge on any atom is -0.369 e. The predicted molar refractivity (Wildman–Crippen MR) is 164 cm³/mol. The van der Waals surface area contributed by atoms with Crippen molar-refractivity contribution in [2.75, 3.05) is 13.1 Å². The molecule has 41 heavy (non-hydrogen) atoms. The maximum absolute atomic E-state index is 6.79. The molecule has 1 aliphatic heterocycles. The summed E-state index contributed by atoms with van der Waals surface area (Å²) in [5.41, 5.74) is 3.57. The predicted octanol–water partition coefficient (Wildman–Crippen LogP) is 7.66. The van der Waals surface area contributed by atoms with E-state index >= 15 is 0 Å². The third kappa shape index (κ3) is 7.87. The molecule has 0 spiro atoms. The Morgan fingerprint density at radius 2 is 1.00 bits per heavy atom. The summed E-state index contributed by atoms with van der Waals surface area (Å²) in [6.45, 7) is 6.06. The maximum atomic E-state index is 6.79. The summed E-state index contributed by atoms with van der Waals surface area (Å²) in [4.78, 5) is 2.66. The fourth-order valence-electron chi connectivity index (χ4n) is 7.07. The van der Waals surface area contributed by atoms with Crippen molar-refractivity contribution in [3.63, 3.8) is 0 Å². The Bertz CT molecular complexity index is 1160. The Morgan fingerprint density at radius 3 is 1.49 bits per heavy atom. The normalized spacial score (nSPS) is 28.9. The number of hydrogen-bond donors (Lipinski definition) is 0. The van der Waals surface area contributed by atoms with Gasteiger partial charge in [-0.3, -0.25) is 4.90 Å². The Hall–Kier alpha value is -2.50. The molecule has 3 fully saturated rings. The Morgan fingerprint density at radius 1 is 0.561 bits per heavy atom. The van der Waals surface area contributed by atoms with E-state index in [9.17, 15) is 0 Å². The number of benzene rings is 3. The highest BCUT2D eigenvalue weighted by Gasteiger charge is 2.45. The smallest absolute Gasteiger partial charge is 0.113 e. The second-order valence-electron chi connectivity index (χ2n) is 12.7. The van der Waals surface area contributed by atoms with Crippen LogP contribution in [0.2, 0.25) is 0 Å². The van der Waals surface area contributed by atoms with E-state index in [1.165, 1.54) is 55.2 Å². The van der Waals surface area contributed by atoms with E-state index in [0.29, 0.717) is 19.8 Å². The van der Waals surface area contributed by atoms with Gasteiger partial charge < -0.3 is 14.2 Å². The molecule has 0 unspecified atom stereocenters. The average molecular weight is 554 g/mol. The molecule has 2 saturated carbocycles. The van der Waals surface area contributed by atoms with Crippen molar-refractivity contribution < 1.29 is 14.2 Å². The van der Waals surface area contributed by atoms with Gasteiger partial charge in [0.25, 0.3) is 0 Å². The average Bonchev–Trinajstić information content (AvgIpc) is 3.88. The van der Waals surface area contributed by atoms with E-state index in [2.05, 4.69) is 103 Å². The van der Waals surface area contributed by atoms with E-state index in [4.69, 9.17) is 14.2 Å². The first-order chi connectivity index (χ1) is 20.2. The van der Waals surface area contributed by atoms with Crippen LogP contribution < -0.4 is 0 Å². The Labute approximate surface area is 247 Å². The molecule has 1 heterocycles. The summed E-state index contributed by atoms with van der Waals surface area (Å²) in [7, 11) is 0. The number of likely N-dealkylation sites (tertiary alicyclic amines) is 1. The van der Waals surface area contributed by atoms with Crippen LogP contribution in [0.4, 0.5) is 0 Å². The van der Waals surface area contributed by atoms with Gasteiger partial charge in [-0.25, -0.2) is 0 Å². The summed E-state index contributed by atoms with van der Waals surface area (Å²) in [5, 5.41) is 0. The number of piperidine rings is 1. The summed E-state index contributed by atoms with van der Waals surface area (Å²) >= 11 is 0. The highest BCUT2D eigenvalue weighted by atomic mass is 16.6. The van der Waals surface area contributed by atoms with Gasteiger partial charge >= 0.3 is 0 Å². The van der Waals surface area contributed by atoms with E-state index in [1.54, 1.807) is 0 Å². The number of ether oxygens (including phenoxy) is 3. The molecule has 0 bridgehead atoms. The van der Waals surface area contributed by atoms with Gasteiger partial charge in [-0.1, -0.05) is 91.0 Å². The molecule has 6 rings (SSSR count). The minimum atomic E-state index is -0.153. The van der Waals surface area contributed by atoms with Gasteiger partial charge in [-0.2, -0.15) is 0 Å². The lowest BCUT2D eigenvalue weighted by Crippen LogP contribution is -2.63. The fourth-order valence-corrected chi connectivity index (χ4v) is 7.07. The van der Waals surface area contributed by atoms with Crippen LogP contribution in [-0.2, 0) is 34.0 Å². The molecule has 0 amide bonds. The van der Waals surface area contributed by atoms with Crippen molar-refractivity contribution in [2.45, 2.75) is 89.6 Å². The molecule has 0 N–H and O–H groups in total. The zero-order valence-electron chi connectivity index (χ0n) is 24.7. The van der Waals surface area contributed by atoms with Crippen LogP contribution in [0.1, 0.15) is 62.1 Å². The first-order valence-corrected chi connectivity index (χ1v) is 15.9. The van der Waals surface area contributed by atoms with Crippen LogP contribution in [0, 0.1) is 17.8 Å². The number of hydrogen-bond acceptors (Lipinski definition) is 4. The molecule has 4 heteroatoms. The van der Waals surface area contributed by atoms with Crippen LogP contribution in [0.15, 0.2) is 91.0 Å². The number of rotatable bonds is 12. The first kappa shape index (κ1) is 28.6. The highest BCUT2D eigenvalue weighted by molar-refractivity contribution is 5.16. The van der Waals surface area contributed by atoms with E-state index in [0.717, 1.165) is 30.8 Å². The maximum Gasteiger partial charge on any atom is 0.113 e. The van der Waals surface area contributed by atoms with E-state index in [1.807, 2.05) is 0 Å². The molecule has 4 atom stereocenters. The molecule has 3 aromatic rings. The van der Waals surface area contributed by atoms with Crippen LogP contribution >= 0.6 is 0 Å². The third-order valence-corrected chi connectivity index (χ3v) is 9.71. The largest absolute Gasteiger partial charge is 0.369 e. The quantitative estimate of drug-likeness (QED) is 0.230. The third-order valence-electron chi connectivity index (χ3n) is 9.71. The Kier molecular flexibility index (Phi) is 9.85. The van der Waals surface area contributed by atoms with Crippen molar-refractivity contribution >= 4 is 0 Å². The first-order valence-electron chi connectivity index (χ1n) is 15.9. The fraction of sp³-hybridized carbons (Fsp3) is 0.514. The minimum absolute atomic E-state index is 0.0707. The van der Waals surface area contributed by atoms with Crippen LogP contribution in [0.5, 0.6) is 0 Å². The van der Waals surface area contributed by atoms with Crippen molar-refractivity contribution in [1.82, 2.24) is 4.90 Å². The molecule has 1 saturated heterocycles. The van der Waals surface area contributed by atoms with Crippen molar-refractivity contribution in [3.05, 3.63) is 108 Å². The highest BCUT2D eigenvalue weighted by Crippen LogP contribution is 2.45. The second kappa shape index (κ2) is 14.1. The summed E-state index contributed by atoms with van der Waals surface area (Å²) in [6, 6.07) is 31.8. The summed E-state index contributed by atoms with van der Waals surface area (Å²) < 4.78 is 20.3. The van der Waals surface area contributed by atoms with Gasteiger partial charge in [0.15, 0.2) is 0 Å². The van der Waals surface area contributed by atoms with E-state index in [-0.39, 0.29) is 24.4 Å². The molecule has 0 aromatic heterocycles. The summed E-state index contributed by atoms with van der Waals surface area (Å²) in [5.74, 6) is 2.79. The van der Waals surface area contributed by atoms with Gasteiger partial charge in [-0.15, -0.1) is 0 Å². The zero-order valence-corrected chi connectivity index (χ0v) is 24.7. The van der Waals surface area contributed by atoms with Gasteiger partial charge in [0.1, 0.15) is 12.2 Å². The zero-order chi connectivity index (χ0) is 27.9. The lowest BCUT2D eigenvalue weighted by Gasteiger charge is -2.48. The van der Waals surface area contributed by atoms with Crippen molar-refractivity contribution in [1.29, 1.82) is 0 Å².